The molecule has 0 aliphatic heterocycles. The van der Waals surface area contributed by atoms with Crippen molar-refractivity contribution in [3.63, 3.8) is 0 Å². The predicted molar refractivity (Wildman–Crippen MR) is 78.4 cm³/mol. The minimum absolute atomic E-state index is 0.175. The predicted octanol–water partition coefficient (Wildman–Crippen LogP) is 3.48. The van der Waals surface area contributed by atoms with Crippen LogP contribution < -0.4 is 10.1 Å². The first-order valence-electron chi connectivity index (χ1n) is 6.83. The summed E-state index contributed by atoms with van der Waals surface area (Å²) in [6.45, 7) is -0.231. The number of hydrogen-bond donors (Lipinski definition) is 1. The molecule has 1 heterocycles. The average Bonchev–Trinajstić information content (AvgIpc) is 3.28. The normalized spacial score (nSPS) is 14.4. The van der Waals surface area contributed by atoms with Crippen molar-refractivity contribution >= 4 is 28.4 Å². The number of pyridine rings is 1. The number of halogens is 3. The fourth-order valence-electron chi connectivity index (χ4n) is 2.06. The Morgan fingerprint density at radius 2 is 2.18 bits per heavy atom. The van der Waals surface area contributed by atoms with Gasteiger partial charge in [0.25, 0.3) is 12.3 Å². The fourth-order valence-corrected chi connectivity index (χ4v) is 2.23. The molecule has 1 aromatic heterocycles. The maximum absolute atomic E-state index is 12.9. The Bertz CT molecular complexity index is 720. The van der Waals surface area contributed by atoms with E-state index in [1.807, 2.05) is 0 Å². The highest BCUT2D eigenvalue weighted by atomic mass is 35.5. The first kappa shape index (κ1) is 15.0. The topological polar surface area (TPSA) is 51.2 Å². The molecule has 0 atom stereocenters. The Labute approximate surface area is 130 Å². The van der Waals surface area contributed by atoms with Crippen LogP contribution in [0.4, 0.5) is 8.78 Å². The van der Waals surface area contributed by atoms with Gasteiger partial charge in [-0.25, -0.2) is 13.8 Å². The van der Waals surface area contributed by atoms with Crippen molar-refractivity contribution in [2.24, 2.45) is 0 Å². The number of nitrogens with zero attached hydrogens (tertiary/aromatic N) is 1. The van der Waals surface area contributed by atoms with Crippen LogP contribution in [0.5, 0.6) is 5.75 Å². The number of aromatic nitrogens is 1. The molecule has 0 unspecified atom stereocenters. The van der Waals surface area contributed by atoms with Gasteiger partial charge in [-0.2, -0.15) is 0 Å². The zero-order valence-electron chi connectivity index (χ0n) is 11.5. The summed E-state index contributed by atoms with van der Waals surface area (Å²) in [6.07, 6.45) is -0.785. The van der Waals surface area contributed by atoms with Crippen molar-refractivity contribution in [1.82, 2.24) is 10.3 Å². The van der Waals surface area contributed by atoms with Crippen molar-refractivity contribution in [2.75, 3.05) is 6.61 Å². The van der Waals surface area contributed by atoms with Crippen LogP contribution in [0.1, 0.15) is 25.0 Å². The number of rotatable bonds is 5. The molecule has 1 N–H and O–H groups in total. The van der Waals surface area contributed by atoms with Crippen LogP contribution in [-0.2, 0) is 4.79 Å². The lowest BCUT2D eigenvalue weighted by Gasteiger charge is -2.11. The van der Waals surface area contributed by atoms with Crippen molar-refractivity contribution in [2.45, 2.75) is 25.3 Å². The summed E-state index contributed by atoms with van der Waals surface area (Å²) in [5.41, 5.74) is -0.0489. The van der Waals surface area contributed by atoms with E-state index in [0.29, 0.717) is 15.9 Å². The molecule has 22 heavy (non-hydrogen) atoms. The van der Waals surface area contributed by atoms with Crippen LogP contribution in [0.25, 0.3) is 10.9 Å². The number of alkyl halides is 2. The third-order valence-electron chi connectivity index (χ3n) is 3.28. The van der Waals surface area contributed by atoms with Gasteiger partial charge in [0.15, 0.2) is 6.61 Å². The average molecular weight is 327 g/mol. The van der Waals surface area contributed by atoms with Gasteiger partial charge in [-0.05, 0) is 31.0 Å². The summed E-state index contributed by atoms with van der Waals surface area (Å²) >= 11 is 5.92. The number of hydrogen-bond acceptors (Lipinski definition) is 3. The molecule has 1 saturated carbocycles. The minimum Gasteiger partial charge on any atom is -0.483 e. The van der Waals surface area contributed by atoms with E-state index in [4.69, 9.17) is 16.3 Å². The molecule has 0 spiro atoms. The molecule has 1 aromatic carbocycles. The maximum atomic E-state index is 12.9. The van der Waals surface area contributed by atoms with E-state index in [1.165, 1.54) is 0 Å². The van der Waals surface area contributed by atoms with Gasteiger partial charge >= 0.3 is 0 Å². The van der Waals surface area contributed by atoms with Crippen molar-refractivity contribution in [3.8, 4) is 5.75 Å². The first-order chi connectivity index (χ1) is 10.5. The molecule has 1 aliphatic rings. The monoisotopic (exact) mass is 326 g/mol. The Balaban J connectivity index is 1.87. The van der Waals surface area contributed by atoms with Crippen LogP contribution in [0.2, 0.25) is 5.02 Å². The number of ether oxygens (including phenoxy) is 1. The molecular weight excluding hydrogens is 314 g/mol. The largest absolute Gasteiger partial charge is 0.483 e. The molecule has 1 aliphatic carbocycles. The van der Waals surface area contributed by atoms with E-state index in [-0.39, 0.29) is 24.3 Å². The van der Waals surface area contributed by atoms with Crippen molar-refractivity contribution in [1.29, 1.82) is 0 Å². The zero-order valence-corrected chi connectivity index (χ0v) is 12.2. The van der Waals surface area contributed by atoms with E-state index < -0.39 is 12.1 Å². The van der Waals surface area contributed by atoms with Gasteiger partial charge < -0.3 is 10.1 Å². The molecule has 3 rings (SSSR count). The Morgan fingerprint density at radius 3 is 2.86 bits per heavy atom. The number of benzene rings is 1. The molecule has 116 valence electrons. The van der Waals surface area contributed by atoms with Gasteiger partial charge in [-0.15, -0.1) is 0 Å². The van der Waals surface area contributed by atoms with E-state index in [1.54, 1.807) is 18.2 Å². The number of carbonyl (C=O) groups is 1. The second kappa shape index (κ2) is 6.04. The SMILES string of the molecule is O=C(COc1cc(C(F)F)nc2ccc(Cl)cc12)NC1CC1. The Hall–Kier alpha value is -1.95. The molecule has 0 saturated heterocycles. The Morgan fingerprint density at radius 1 is 1.41 bits per heavy atom. The van der Waals surface area contributed by atoms with Crippen LogP contribution in [-0.4, -0.2) is 23.5 Å². The fraction of sp³-hybridized carbons (Fsp3) is 0.333. The lowest BCUT2D eigenvalue weighted by atomic mass is 10.2. The van der Waals surface area contributed by atoms with Gasteiger partial charge in [-0.1, -0.05) is 11.6 Å². The first-order valence-corrected chi connectivity index (χ1v) is 7.21. The lowest BCUT2D eigenvalue weighted by Crippen LogP contribution is -2.30. The van der Waals surface area contributed by atoms with E-state index in [9.17, 15) is 13.6 Å². The number of amides is 1. The highest BCUT2D eigenvalue weighted by Gasteiger charge is 2.23. The van der Waals surface area contributed by atoms with Gasteiger partial charge in [0.2, 0.25) is 0 Å². The molecule has 7 heteroatoms. The molecule has 1 fully saturated rings. The number of nitrogens with one attached hydrogen (secondary N) is 1. The third kappa shape index (κ3) is 3.44. The van der Waals surface area contributed by atoms with Crippen LogP contribution in [0.3, 0.4) is 0 Å². The van der Waals surface area contributed by atoms with Gasteiger partial charge in [0.1, 0.15) is 11.4 Å². The van der Waals surface area contributed by atoms with Crippen LogP contribution in [0.15, 0.2) is 24.3 Å². The van der Waals surface area contributed by atoms with E-state index in [0.717, 1.165) is 18.9 Å². The highest BCUT2D eigenvalue weighted by molar-refractivity contribution is 6.31. The van der Waals surface area contributed by atoms with E-state index >= 15 is 0 Å². The van der Waals surface area contributed by atoms with E-state index in [2.05, 4.69) is 10.3 Å². The molecule has 0 radical (unpaired) electrons. The summed E-state index contributed by atoms with van der Waals surface area (Å²) in [6, 6.07) is 6.05. The summed E-state index contributed by atoms with van der Waals surface area (Å²) in [4.78, 5) is 15.5. The number of fused-ring (bicyclic) bond motifs is 1. The minimum atomic E-state index is -2.72. The third-order valence-corrected chi connectivity index (χ3v) is 3.51. The lowest BCUT2D eigenvalue weighted by molar-refractivity contribution is -0.123. The second-order valence-corrected chi connectivity index (χ2v) is 5.57. The summed E-state index contributed by atoms with van der Waals surface area (Å²) in [5, 5.41) is 3.70. The van der Waals surface area contributed by atoms with Crippen molar-refractivity contribution < 1.29 is 18.3 Å². The molecular formula is C15H13ClF2N2O2. The Kier molecular flexibility index (Phi) is 4.11. The quantitative estimate of drug-likeness (QED) is 0.915. The molecule has 2 aromatic rings. The summed E-state index contributed by atoms with van der Waals surface area (Å²) in [5.74, 6) is -0.0955. The number of carbonyl (C=O) groups excluding carboxylic acids is 1. The summed E-state index contributed by atoms with van der Waals surface area (Å²) < 4.78 is 31.2. The molecule has 1 amide bonds. The smallest absolute Gasteiger partial charge is 0.280 e. The van der Waals surface area contributed by atoms with Gasteiger partial charge in [-0.3, -0.25) is 4.79 Å². The highest BCUT2D eigenvalue weighted by Crippen LogP contribution is 2.31. The van der Waals surface area contributed by atoms with Gasteiger partial charge in [0.05, 0.1) is 5.52 Å². The summed E-state index contributed by atoms with van der Waals surface area (Å²) in [7, 11) is 0. The van der Waals surface area contributed by atoms with Gasteiger partial charge in [0, 0.05) is 22.5 Å². The maximum Gasteiger partial charge on any atom is 0.280 e. The zero-order chi connectivity index (χ0) is 15.7. The molecule has 0 bridgehead atoms. The van der Waals surface area contributed by atoms with Crippen LogP contribution >= 0.6 is 11.6 Å². The molecule has 4 nitrogen and oxygen atoms in total. The van der Waals surface area contributed by atoms with Crippen LogP contribution in [0, 0.1) is 0 Å². The second-order valence-electron chi connectivity index (χ2n) is 5.14. The standard InChI is InChI=1S/C15H13ClF2N2O2/c16-8-1-4-11-10(5-8)13(6-12(20-11)15(17)18)22-7-14(21)19-9-2-3-9/h1,4-6,9,15H,2-3,7H2,(H,19,21). The van der Waals surface area contributed by atoms with Crippen molar-refractivity contribution in [3.05, 3.63) is 35.0 Å².